The first kappa shape index (κ1) is 15.4. The SMILES string of the molecule is CC(C)CC(=Cc1cn(C)nc1C(C)(C)C)[N+](=O)[O-]. The average Bonchev–Trinajstić information content (AvgIpc) is 2.57. The van der Waals surface area contributed by atoms with Gasteiger partial charge in [0, 0.05) is 36.7 Å². The lowest BCUT2D eigenvalue weighted by Crippen LogP contribution is -2.14. The molecule has 0 saturated carbocycles. The summed E-state index contributed by atoms with van der Waals surface area (Å²) in [4.78, 5) is 10.8. The quantitative estimate of drug-likeness (QED) is 0.619. The van der Waals surface area contributed by atoms with Gasteiger partial charge in [-0.3, -0.25) is 14.8 Å². The van der Waals surface area contributed by atoms with Gasteiger partial charge in [-0.05, 0) is 5.92 Å². The van der Waals surface area contributed by atoms with Crippen molar-refractivity contribution in [1.29, 1.82) is 0 Å². The summed E-state index contributed by atoms with van der Waals surface area (Å²) in [5.41, 5.74) is 1.83. The predicted octanol–water partition coefficient (Wildman–Crippen LogP) is 3.38. The summed E-state index contributed by atoms with van der Waals surface area (Å²) in [6.45, 7) is 10.1. The van der Waals surface area contributed by atoms with Crippen molar-refractivity contribution in [2.24, 2.45) is 13.0 Å². The Bertz CT molecular complexity index is 493. The van der Waals surface area contributed by atoms with Crippen molar-refractivity contribution in [1.82, 2.24) is 9.78 Å². The Labute approximate surface area is 114 Å². The molecule has 0 bridgehead atoms. The van der Waals surface area contributed by atoms with Crippen LogP contribution in [-0.2, 0) is 12.5 Å². The molecular formula is C14H23N3O2. The van der Waals surface area contributed by atoms with Crippen molar-refractivity contribution >= 4 is 6.08 Å². The van der Waals surface area contributed by atoms with Crippen LogP contribution in [0.25, 0.3) is 6.08 Å². The molecule has 5 heteroatoms. The zero-order valence-electron chi connectivity index (χ0n) is 12.6. The van der Waals surface area contributed by atoms with E-state index in [1.54, 1.807) is 10.8 Å². The lowest BCUT2D eigenvalue weighted by atomic mass is 9.89. The third-order valence-corrected chi connectivity index (χ3v) is 2.74. The molecule has 0 spiro atoms. The van der Waals surface area contributed by atoms with E-state index in [4.69, 9.17) is 0 Å². The number of aryl methyl sites for hydroxylation is 1. The summed E-state index contributed by atoms with van der Waals surface area (Å²) in [5, 5.41) is 15.5. The van der Waals surface area contributed by atoms with Gasteiger partial charge >= 0.3 is 0 Å². The van der Waals surface area contributed by atoms with Crippen molar-refractivity contribution < 1.29 is 4.92 Å². The van der Waals surface area contributed by atoms with Crippen LogP contribution in [0.3, 0.4) is 0 Å². The van der Waals surface area contributed by atoms with E-state index < -0.39 is 0 Å². The van der Waals surface area contributed by atoms with Gasteiger partial charge in [-0.2, -0.15) is 5.10 Å². The van der Waals surface area contributed by atoms with E-state index >= 15 is 0 Å². The van der Waals surface area contributed by atoms with Gasteiger partial charge < -0.3 is 0 Å². The second kappa shape index (κ2) is 5.55. The number of nitrogens with zero attached hydrogens (tertiary/aromatic N) is 3. The van der Waals surface area contributed by atoms with Crippen LogP contribution in [0, 0.1) is 16.0 Å². The number of nitro groups is 1. The molecule has 1 heterocycles. The fourth-order valence-corrected chi connectivity index (χ4v) is 1.98. The summed E-state index contributed by atoms with van der Waals surface area (Å²) in [7, 11) is 1.83. The van der Waals surface area contributed by atoms with Gasteiger partial charge in [0.1, 0.15) is 0 Å². The standard InChI is InChI=1S/C14H23N3O2/c1-10(2)7-12(17(18)19)8-11-9-16(6)15-13(11)14(3,4)5/h8-10H,7H2,1-6H3. The molecule has 0 saturated heterocycles. The highest BCUT2D eigenvalue weighted by atomic mass is 16.6. The van der Waals surface area contributed by atoms with Gasteiger partial charge in [0.2, 0.25) is 5.70 Å². The molecule has 1 aromatic rings. The largest absolute Gasteiger partial charge is 0.275 e. The highest BCUT2D eigenvalue weighted by Gasteiger charge is 2.23. The summed E-state index contributed by atoms with van der Waals surface area (Å²) in [6, 6.07) is 0. The Kier molecular flexibility index (Phi) is 4.50. The van der Waals surface area contributed by atoms with Crippen LogP contribution in [0.1, 0.15) is 52.3 Å². The molecule has 0 aromatic carbocycles. The molecule has 1 rings (SSSR count). The summed E-state index contributed by atoms with van der Waals surface area (Å²) < 4.78 is 1.71. The minimum atomic E-state index is -0.292. The fourth-order valence-electron chi connectivity index (χ4n) is 1.98. The van der Waals surface area contributed by atoms with Crippen molar-refractivity contribution in [2.45, 2.75) is 46.5 Å². The number of allylic oxidation sites excluding steroid dienone is 1. The van der Waals surface area contributed by atoms with Crippen LogP contribution in [0.15, 0.2) is 11.9 Å². The third-order valence-electron chi connectivity index (χ3n) is 2.74. The normalized spacial score (nSPS) is 13.1. The minimum absolute atomic E-state index is 0.132. The summed E-state index contributed by atoms with van der Waals surface area (Å²) >= 11 is 0. The van der Waals surface area contributed by atoms with Crippen molar-refractivity contribution in [3.8, 4) is 0 Å². The van der Waals surface area contributed by atoms with E-state index in [2.05, 4.69) is 25.9 Å². The highest BCUT2D eigenvalue weighted by Crippen LogP contribution is 2.26. The maximum absolute atomic E-state index is 11.1. The highest BCUT2D eigenvalue weighted by molar-refractivity contribution is 5.54. The second-order valence-electron chi connectivity index (χ2n) is 6.35. The van der Waals surface area contributed by atoms with E-state index in [0.29, 0.717) is 6.42 Å². The van der Waals surface area contributed by atoms with Crippen LogP contribution in [0.2, 0.25) is 0 Å². The molecule has 106 valence electrons. The number of hydrogen-bond donors (Lipinski definition) is 0. The van der Waals surface area contributed by atoms with Gasteiger partial charge in [-0.1, -0.05) is 34.6 Å². The van der Waals surface area contributed by atoms with E-state index in [-0.39, 0.29) is 22.0 Å². The lowest BCUT2D eigenvalue weighted by Gasteiger charge is -2.16. The van der Waals surface area contributed by atoms with Crippen LogP contribution >= 0.6 is 0 Å². The first-order valence-electron chi connectivity index (χ1n) is 6.50. The van der Waals surface area contributed by atoms with E-state index in [1.807, 2.05) is 27.1 Å². The second-order valence-corrected chi connectivity index (χ2v) is 6.35. The maximum Gasteiger partial charge on any atom is 0.247 e. The van der Waals surface area contributed by atoms with Crippen molar-refractivity contribution in [3.05, 3.63) is 33.3 Å². The Morgan fingerprint density at radius 3 is 2.53 bits per heavy atom. The molecule has 0 fully saturated rings. The topological polar surface area (TPSA) is 61.0 Å². The third kappa shape index (κ3) is 4.19. The molecule has 0 N–H and O–H groups in total. The van der Waals surface area contributed by atoms with Crippen LogP contribution in [-0.4, -0.2) is 14.7 Å². The van der Waals surface area contributed by atoms with Gasteiger partial charge in [-0.25, -0.2) is 0 Å². The molecule has 0 atom stereocenters. The first-order valence-corrected chi connectivity index (χ1v) is 6.50. The molecule has 0 aliphatic heterocycles. The van der Waals surface area contributed by atoms with Gasteiger partial charge in [0.15, 0.2) is 0 Å². The molecule has 5 nitrogen and oxygen atoms in total. The Hall–Kier alpha value is -1.65. The number of rotatable bonds is 4. The predicted molar refractivity (Wildman–Crippen MR) is 76.3 cm³/mol. The molecule has 0 aliphatic carbocycles. The molecule has 19 heavy (non-hydrogen) atoms. The van der Waals surface area contributed by atoms with Crippen LogP contribution < -0.4 is 0 Å². The van der Waals surface area contributed by atoms with Crippen LogP contribution in [0.4, 0.5) is 0 Å². The van der Waals surface area contributed by atoms with E-state index in [1.165, 1.54) is 0 Å². The summed E-state index contributed by atoms with van der Waals surface area (Å²) in [6.07, 6.45) is 3.96. The van der Waals surface area contributed by atoms with Gasteiger partial charge in [0.05, 0.1) is 10.6 Å². The number of hydrogen-bond acceptors (Lipinski definition) is 3. The molecular weight excluding hydrogens is 242 g/mol. The zero-order chi connectivity index (χ0) is 14.8. The van der Waals surface area contributed by atoms with Crippen LogP contribution in [0.5, 0.6) is 0 Å². The Morgan fingerprint density at radius 2 is 2.11 bits per heavy atom. The molecule has 0 aliphatic rings. The molecule has 0 unspecified atom stereocenters. The first-order chi connectivity index (χ1) is 8.61. The summed E-state index contributed by atoms with van der Waals surface area (Å²) in [5.74, 6) is 0.256. The fraction of sp³-hybridized carbons (Fsp3) is 0.643. The van der Waals surface area contributed by atoms with Crippen molar-refractivity contribution in [2.75, 3.05) is 0 Å². The van der Waals surface area contributed by atoms with Gasteiger partial charge in [-0.15, -0.1) is 0 Å². The monoisotopic (exact) mass is 265 g/mol. The van der Waals surface area contributed by atoms with E-state index in [9.17, 15) is 10.1 Å². The molecule has 1 aromatic heterocycles. The lowest BCUT2D eigenvalue weighted by molar-refractivity contribution is -0.427. The number of aromatic nitrogens is 2. The Morgan fingerprint density at radius 1 is 1.53 bits per heavy atom. The zero-order valence-corrected chi connectivity index (χ0v) is 12.6. The minimum Gasteiger partial charge on any atom is -0.275 e. The molecule has 0 amide bonds. The van der Waals surface area contributed by atoms with Gasteiger partial charge in [0.25, 0.3) is 0 Å². The van der Waals surface area contributed by atoms with Crippen molar-refractivity contribution in [3.63, 3.8) is 0 Å². The Balaban J connectivity index is 3.25. The average molecular weight is 265 g/mol. The smallest absolute Gasteiger partial charge is 0.247 e. The maximum atomic E-state index is 11.1. The molecule has 0 radical (unpaired) electrons. The van der Waals surface area contributed by atoms with E-state index in [0.717, 1.165) is 11.3 Å².